The summed E-state index contributed by atoms with van der Waals surface area (Å²) in [5.74, 6) is 0.858. The van der Waals surface area contributed by atoms with Crippen LogP contribution in [0.2, 0.25) is 0 Å². The molecule has 0 saturated heterocycles. The molecular weight excluding hydrogens is 254 g/mol. The summed E-state index contributed by atoms with van der Waals surface area (Å²) in [7, 11) is 3.35. The third-order valence-corrected chi connectivity index (χ3v) is 2.84. The van der Waals surface area contributed by atoms with Gasteiger partial charge in [-0.05, 0) is 38.5 Å². The maximum absolute atomic E-state index is 5.31. The molecule has 0 aromatic carbocycles. The highest BCUT2D eigenvalue weighted by atomic mass is 16.5. The lowest BCUT2D eigenvalue weighted by molar-refractivity contribution is 0.0365. The van der Waals surface area contributed by atoms with Crippen molar-refractivity contribution in [1.29, 1.82) is 0 Å². The largest absolute Gasteiger partial charge is 0.382 e. The molecule has 1 unspecified atom stereocenters. The van der Waals surface area contributed by atoms with Gasteiger partial charge in [-0.1, -0.05) is 0 Å². The highest BCUT2D eigenvalue weighted by molar-refractivity contribution is 5.37. The molecule has 0 aliphatic carbocycles. The van der Waals surface area contributed by atoms with Crippen LogP contribution in [0.3, 0.4) is 0 Å². The summed E-state index contributed by atoms with van der Waals surface area (Å²) >= 11 is 0. The number of ether oxygens (including phenoxy) is 2. The van der Waals surface area contributed by atoms with Crippen molar-refractivity contribution >= 4 is 5.82 Å². The van der Waals surface area contributed by atoms with Crippen LogP contribution in [0.4, 0.5) is 5.82 Å². The van der Waals surface area contributed by atoms with Gasteiger partial charge in [0.05, 0.1) is 12.7 Å². The van der Waals surface area contributed by atoms with Crippen LogP contribution in [0.5, 0.6) is 0 Å². The lowest BCUT2D eigenvalue weighted by Gasteiger charge is -2.21. The smallest absolute Gasteiger partial charge is 0.126 e. The third kappa shape index (κ3) is 6.84. The van der Waals surface area contributed by atoms with Gasteiger partial charge < -0.3 is 20.1 Å². The van der Waals surface area contributed by atoms with Crippen LogP contribution in [0.1, 0.15) is 26.3 Å². The molecule has 0 saturated carbocycles. The van der Waals surface area contributed by atoms with E-state index in [1.807, 2.05) is 12.3 Å². The number of aromatic nitrogens is 1. The Bertz CT molecular complexity index is 391. The Hall–Kier alpha value is -1.17. The van der Waals surface area contributed by atoms with E-state index in [2.05, 4.69) is 42.5 Å². The number of methoxy groups -OCH3 is 2. The fraction of sp³-hybridized carbons (Fsp3) is 0.667. The van der Waals surface area contributed by atoms with E-state index in [4.69, 9.17) is 9.47 Å². The Kier molecular flexibility index (Phi) is 6.91. The van der Waals surface area contributed by atoms with Crippen molar-refractivity contribution in [3.05, 3.63) is 23.9 Å². The predicted molar refractivity (Wildman–Crippen MR) is 82.0 cm³/mol. The van der Waals surface area contributed by atoms with E-state index in [1.54, 1.807) is 14.2 Å². The van der Waals surface area contributed by atoms with Crippen LogP contribution >= 0.6 is 0 Å². The van der Waals surface area contributed by atoms with Crippen molar-refractivity contribution in [2.75, 3.05) is 32.7 Å². The first-order valence-corrected chi connectivity index (χ1v) is 6.90. The average molecular weight is 281 g/mol. The highest BCUT2D eigenvalue weighted by Gasteiger charge is 2.09. The monoisotopic (exact) mass is 281 g/mol. The van der Waals surface area contributed by atoms with E-state index in [-0.39, 0.29) is 11.6 Å². The molecule has 0 radical (unpaired) electrons. The molecule has 0 fully saturated rings. The summed E-state index contributed by atoms with van der Waals surface area (Å²) in [6.07, 6.45) is 1.85. The fourth-order valence-corrected chi connectivity index (χ4v) is 1.66. The summed E-state index contributed by atoms with van der Waals surface area (Å²) in [5.41, 5.74) is 1.31. The van der Waals surface area contributed by atoms with Gasteiger partial charge in [-0.3, -0.25) is 0 Å². The lowest BCUT2D eigenvalue weighted by atomic mass is 10.1. The van der Waals surface area contributed by atoms with Crippen LogP contribution < -0.4 is 10.6 Å². The molecule has 2 N–H and O–H groups in total. The van der Waals surface area contributed by atoms with Gasteiger partial charge >= 0.3 is 0 Å². The molecule has 1 rings (SSSR count). The molecule has 1 aromatic rings. The number of anilines is 1. The van der Waals surface area contributed by atoms with E-state index >= 15 is 0 Å². The highest BCUT2D eigenvalue weighted by Crippen LogP contribution is 2.09. The summed E-state index contributed by atoms with van der Waals surface area (Å²) in [4.78, 5) is 4.31. The van der Waals surface area contributed by atoms with Crippen molar-refractivity contribution in [2.45, 2.75) is 39.0 Å². The van der Waals surface area contributed by atoms with Gasteiger partial charge in [0.1, 0.15) is 5.82 Å². The summed E-state index contributed by atoms with van der Waals surface area (Å²) in [6, 6.07) is 4.07. The first-order chi connectivity index (χ1) is 9.44. The summed E-state index contributed by atoms with van der Waals surface area (Å²) in [6.45, 7) is 8.53. The Morgan fingerprint density at radius 2 is 2.05 bits per heavy atom. The van der Waals surface area contributed by atoms with Crippen molar-refractivity contribution in [1.82, 2.24) is 10.3 Å². The SMILES string of the molecule is COCC(CNc1cc(CNC(C)(C)C)ccn1)OC. The quantitative estimate of drug-likeness (QED) is 0.764. The van der Waals surface area contributed by atoms with Gasteiger partial charge in [0, 0.05) is 39.0 Å². The maximum Gasteiger partial charge on any atom is 0.126 e. The molecule has 0 spiro atoms. The topological polar surface area (TPSA) is 55.4 Å². The molecular formula is C15H27N3O2. The van der Waals surface area contributed by atoms with E-state index in [0.29, 0.717) is 13.2 Å². The first-order valence-electron chi connectivity index (χ1n) is 6.90. The van der Waals surface area contributed by atoms with Crippen molar-refractivity contribution in [3.8, 4) is 0 Å². The minimum Gasteiger partial charge on any atom is -0.382 e. The first kappa shape index (κ1) is 16.9. The summed E-state index contributed by atoms with van der Waals surface area (Å²) in [5, 5.41) is 6.74. The summed E-state index contributed by atoms with van der Waals surface area (Å²) < 4.78 is 10.4. The van der Waals surface area contributed by atoms with Gasteiger partial charge in [-0.25, -0.2) is 4.98 Å². The zero-order chi connectivity index (χ0) is 15.0. The molecule has 5 nitrogen and oxygen atoms in total. The molecule has 0 bridgehead atoms. The number of pyridine rings is 1. The molecule has 1 aromatic heterocycles. The minimum absolute atomic E-state index is 0.0261. The lowest BCUT2D eigenvalue weighted by Crippen LogP contribution is -2.35. The van der Waals surface area contributed by atoms with E-state index < -0.39 is 0 Å². The minimum atomic E-state index is 0.0261. The van der Waals surface area contributed by atoms with E-state index in [9.17, 15) is 0 Å². The Labute approximate surface area is 122 Å². The van der Waals surface area contributed by atoms with Crippen molar-refractivity contribution in [2.24, 2.45) is 0 Å². The predicted octanol–water partition coefficient (Wildman–Crippen LogP) is 2.04. The molecule has 5 heteroatoms. The van der Waals surface area contributed by atoms with Gasteiger partial charge in [0.2, 0.25) is 0 Å². The molecule has 1 atom stereocenters. The van der Waals surface area contributed by atoms with Crippen molar-refractivity contribution in [3.63, 3.8) is 0 Å². The molecule has 1 heterocycles. The number of hydrogen-bond donors (Lipinski definition) is 2. The number of hydrogen-bond acceptors (Lipinski definition) is 5. The second kappa shape index (κ2) is 8.19. The maximum atomic E-state index is 5.31. The second-order valence-corrected chi connectivity index (χ2v) is 5.85. The van der Waals surface area contributed by atoms with Gasteiger partial charge in [-0.2, -0.15) is 0 Å². The van der Waals surface area contributed by atoms with Crippen LogP contribution in [-0.2, 0) is 16.0 Å². The number of rotatable bonds is 8. The molecule has 0 amide bonds. The van der Waals surface area contributed by atoms with Crippen LogP contribution in [0.15, 0.2) is 18.3 Å². The zero-order valence-corrected chi connectivity index (χ0v) is 13.2. The Balaban J connectivity index is 2.51. The fourth-order valence-electron chi connectivity index (χ4n) is 1.66. The van der Waals surface area contributed by atoms with Crippen molar-refractivity contribution < 1.29 is 9.47 Å². The van der Waals surface area contributed by atoms with Gasteiger partial charge in [0.15, 0.2) is 0 Å². The van der Waals surface area contributed by atoms with E-state index in [0.717, 1.165) is 12.4 Å². The van der Waals surface area contributed by atoms with E-state index in [1.165, 1.54) is 5.56 Å². The standard InChI is InChI=1S/C15H27N3O2/c1-15(2,3)18-9-12-6-7-16-14(8-12)17-10-13(20-5)11-19-4/h6-8,13,18H,9-11H2,1-5H3,(H,16,17). The normalized spacial score (nSPS) is 13.2. The average Bonchev–Trinajstić information content (AvgIpc) is 2.41. The third-order valence-electron chi connectivity index (χ3n) is 2.84. The molecule has 114 valence electrons. The number of nitrogens with one attached hydrogen (secondary N) is 2. The molecule has 0 aliphatic heterocycles. The van der Waals surface area contributed by atoms with Crippen LogP contribution in [0, 0.1) is 0 Å². The van der Waals surface area contributed by atoms with Gasteiger partial charge in [0.25, 0.3) is 0 Å². The van der Waals surface area contributed by atoms with Crippen LogP contribution in [0.25, 0.3) is 0 Å². The second-order valence-electron chi connectivity index (χ2n) is 5.85. The zero-order valence-electron chi connectivity index (χ0n) is 13.2. The number of nitrogens with zero attached hydrogens (tertiary/aromatic N) is 1. The molecule has 20 heavy (non-hydrogen) atoms. The van der Waals surface area contributed by atoms with Crippen LogP contribution in [-0.4, -0.2) is 44.0 Å². The van der Waals surface area contributed by atoms with Gasteiger partial charge in [-0.15, -0.1) is 0 Å². The molecule has 0 aliphatic rings. The Morgan fingerprint density at radius 3 is 2.65 bits per heavy atom. The Morgan fingerprint density at radius 1 is 1.30 bits per heavy atom.